The number of carbonyl (C=O) groups excluding carboxylic acids is 3. The van der Waals surface area contributed by atoms with Crippen LogP contribution in [0, 0.1) is 0 Å². The van der Waals surface area contributed by atoms with E-state index >= 15 is 0 Å². The summed E-state index contributed by atoms with van der Waals surface area (Å²) in [6, 6.07) is 6.60. The third-order valence-electron chi connectivity index (χ3n) is 2.93. The molecule has 23 heavy (non-hydrogen) atoms. The molecule has 0 radical (unpaired) electrons. The molecule has 1 amide bonds. The SMILES string of the molecule is CCCCCSCC(=O)Nc1cccc(CC(=O)C(=O)[O-])c1.[Na+]. The predicted molar refractivity (Wildman–Crippen MR) is 85.6 cm³/mol. The third kappa shape index (κ3) is 9.81. The van der Waals surface area contributed by atoms with Gasteiger partial charge in [0.1, 0.15) is 5.97 Å². The van der Waals surface area contributed by atoms with E-state index < -0.39 is 11.8 Å². The van der Waals surface area contributed by atoms with Crippen LogP contribution in [0.15, 0.2) is 24.3 Å². The maximum atomic E-state index is 11.8. The second kappa shape index (κ2) is 12.6. The number of ketones is 1. The van der Waals surface area contributed by atoms with Gasteiger partial charge in [-0.2, -0.15) is 11.8 Å². The number of carbonyl (C=O) groups is 3. The number of rotatable bonds is 10. The molecule has 0 aliphatic rings. The minimum atomic E-state index is -1.70. The zero-order chi connectivity index (χ0) is 16.4. The zero-order valence-electron chi connectivity index (χ0n) is 13.6. The number of nitrogens with one attached hydrogen (secondary N) is 1. The number of hydrogen-bond donors (Lipinski definition) is 1. The molecule has 120 valence electrons. The molecule has 0 spiro atoms. The molecule has 0 aromatic heterocycles. The largest absolute Gasteiger partial charge is 1.00 e. The molecule has 1 N–H and O–H groups in total. The number of carboxylic acid groups (broad SMARTS) is 1. The Hall–Kier alpha value is -0.820. The van der Waals surface area contributed by atoms with Gasteiger partial charge in [0.2, 0.25) is 5.91 Å². The van der Waals surface area contributed by atoms with Crippen LogP contribution in [-0.4, -0.2) is 29.2 Å². The van der Waals surface area contributed by atoms with Crippen molar-refractivity contribution < 1.29 is 49.0 Å². The molecule has 0 saturated carbocycles. The van der Waals surface area contributed by atoms with E-state index in [2.05, 4.69) is 12.2 Å². The number of thioether (sulfide) groups is 1. The van der Waals surface area contributed by atoms with E-state index in [1.54, 1.807) is 36.0 Å². The fraction of sp³-hybridized carbons (Fsp3) is 0.438. The molecule has 5 nitrogen and oxygen atoms in total. The number of anilines is 1. The second-order valence-corrected chi connectivity index (χ2v) is 6.00. The van der Waals surface area contributed by atoms with Gasteiger partial charge in [-0.1, -0.05) is 31.9 Å². The van der Waals surface area contributed by atoms with Crippen LogP contribution in [-0.2, 0) is 20.8 Å². The molecule has 0 bridgehead atoms. The van der Waals surface area contributed by atoms with E-state index in [4.69, 9.17) is 0 Å². The molecule has 0 aliphatic heterocycles. The van der Waals surface area contributed by atoms with Crippen molar-refractivity contribution >= 4 is 35.1 Å². The molecular formula is C16H20NNaO4S. The number of carboxylic acids is 1. The molecule has 0 saturated heterocycles. The predicted octanol–water partition coefficient (Wildman–Crippen LogP) is -1.59. The first-order chi connectivity index (χ1) is 10.5. The molecule has 0 atom stereocenters. The van der Waals surface area contributed by atoms with Crippen LogP contribution in [0.1, 0.15) is 31.7 Å². The molecule has 0 aliphatic carbocycles. The van der Waals surface area contributed by atoms with Crippen LogP contribution in [0.2, 0.25) is 0 Å². The zero-order valence-corrected chi connectivity index (χ0v) is 16.4. The number of amides is 1. The van der Waals surface area contributed by atoms with Crippen molar-refractivity contribution in [3.05, 3.63) is 29.8 Å². The molecule has 1 aromatic carbocycles. The maximum absolute atomic E-state index is 11.8. The molecule has 1 rings (SSSR count). The van der Waals surface area contributed by atoms with Gasteiger partial charge < -0.3 is 15.2 Å². The Labute approximate surface area is 162 Å². The number of aliphatic carboxylic acids is 1. The fourth-order valence-electron chi connectivity index (χ4n) is 1.83. The first-order valence-corrected chi connectivity index (χ1v) is 8.39. The number of Topliss-reactive ketones (excluding diaryl/α,β-unsaturated/α-hetero) is 1. The van der Waals surface area contributed by atoms with E-state index in [1.807, 2.05) is 0 Å². The van der Waals surface area contributed by atoms with E-state index in [9.17, 15) is 19.5 Å². The van der Waals surface area contributed by atoms with Gasteiger partial charge in [0.05, 0.1) is 5.75 Å². The second-order valence-electron chi connectivity index (χ2n) is 4.90. The van der Waals surface area contributed by atoms with Gasteiger partial charge in [-0.15, -0.1) is 0 Å². The van der Waals surface area contributed by atoms with E-state index in [1.165, 1.54) is 6.42 Å². The molecule has 1 aromatic rings. The van der Waals surface area contributed by atoms with Gasteiger partial charge in [0, 0.05) is 12.1 Å². The molecule has 0 fully saturated rings. The van der Waals surface area contributed by atoms with Gasteiger partial charge >= 0.3 is 29.6 Å². The van der Waals surface area contributed by atoms with Crippen molar-refractivity contribution in [3.63, 3.8) is 0 Å². The fourth-order valence-corrected chi connectivity index (χ4v) is 2.64. The van der Waals surface area contributed by atoms with Gasteiger partial charge in [-0.25, -0.2) is 0 Å². The first kappa shape index (κ1) is 22.2. The van der Waals surface area contributed by atoms with Crippen molar-refractivity contribution in [1.29, 1.82) is 0 Å². The molecule has 0 unspecified atom stereocenters. The van der Waals surface area contributed by atoms with E-state index in [0.29, 0.717) is 17.0 Å². The Morgan fingerprint density at radius 2 is 1.96 bits per heavy atom. The van der Waals surface area contributed by atoms with E-state index in [-0.39, 0.29) is 41.9 Å². The monoisotopic (exact) mass is 345 g/mol. The number of benzene rings is 1. The van der Waals surface area contributed by atoms with Crippen LogP contribution in [0.25, 0.3) is 0 Å². The van der Waals surface area contributed by atoms with E-state index in [0.717, 1.165) is 18.6 Å². The van der Waals surface area contributed by atoms with Crippen LogP contribution in [0.3, 0.4) is 0 Å². The third-order valence-corrected chi connectivity index (χ3v) is 3.97. The average molecular weight is 345 g/mol. The van der Waals surface area contributed by atoms with Crippen LogP contribution in [0.4, 0.5) is 5.69 Å². The molecule has 7 heteroatoms. The van der Waals surface area contributed by atoms with Crippen LogP contribution >= 0.6 is 11.8 Å². The van der Waals surface area contributed by atoms with Crippen LogP contribution in [0.5, 0.6) is 0 Å². The number of unbranched alkanes of at least 4 members (excludes halogenated alkanes) is 2. The van der Waals surface area contributed by atoms with Crippen molar-refractivity contribution in [3.8, 4) is 0 Å². The summed E-state index contributed by atoms with van der Waals surface area (Å²) in [5, 5.41) is 13.2. The Bertz CT molecular complexity index is 537. The topological polar surface area (TPSA) is 86.3 Å². The Morgan fingerprint density at radius 3 is 2.61 bits per heavy atom. The van der Waals surface area contributed by atoms with Crippen molar-refractivity contribution in [2.75, 3.05) is 16.8 Å². The van der Waals surface area contributed by atoms with Crippen molar-refractivity contribution in [2.24, 2.45) is 0 Å². The van der Waals surface area contributed by atoms with Crippen LogP contribution < -0.4 is 40.0 Å². The maximum Gasteiger partial charge on any atom is 1.00 e. The Kier molecular flexibility index (Phi) is 12.1. The quantitative estimate of drug-likeness (QED) is 0.314. The van der Waals surface area contributed by atoms with Crippen molar-refractivity contribution in [2.45, 2.75) is 32.6 Å². The summed E-state index contributed by atoms with van der Waals surface area (Å²) in [5.41, 5.74) is 1.09. The summed E-state index contributed by atoms with van der Waals surface area (Å²) in [6.07, 6.45) is 3.19. The number of hydrogen-bond acceptors (Lipinski definition) is 5. The minimum absolute atomic E-state index is 0. The average Bonchev–Trinajstić information content (AvgIpc) is 2.47. The molecular weight excluding hydrogens is 325 g/mol. The summed E-state index contributed by atoms with van der Waals surface area (Å²) in [5.74, 6) is -1.44. The Balaban J connectivity index is 0.00000484. The Morgan fingerprint density at radius 1 is 1.22 bits per heavy atom. The normalized spacial score (nSPS) is 9.78. The molecule has 0 heterocycles. The van der Waals surface area contributed by atoms with Gasteiger partial charge in [0.25, 0.3) is 0 Å². The van der Waals surface area contributed by atoms with Gasteiger partial charge in [-0.05, 0) is 29.9 Å². The summed E-state index contributed by atoms with van der Waals surface area (Å²) in [6.45, 7) is 2.13. The first-order valence-electron chi connectivity index (χ1n) is 7.23. The summed E-state index contributed by atoms with van der Waals surface area (Å²) in [7, 11) is 0. The van der Waals surface area contributed by atoms with Crippen molar-refractivity contribution in [1.82, 2.24) is 0 Å². The van der Waals surface area contributed by atoms with Gasteiger partial charge in [0.15, 0.2) is 5.78 Å². The summed E-state index contributed by atoms with van der Waals surface area (Å²) >= 11 is 1.59. The summed E-state index contributed by atoms with van der Waals surface area (Å²) < 4.78 is 0. The standard InChI is InChI=1S/C16H21NO4S.Na/c1-2-3-4-8-22-11-15(19)17-13-7-5-6-12(9-13)10-14(18)16(20)21;/h5-7,9H,2-4,8,10-11H2,1H3,(H,17,19)(H,20,21);/q;+1/p-1. The smallest absolute Gasteiger partial charge is 0.542 e. The van der Waals surface area contributed by atoms with Gasteiger partial charge in [-0.3, -0.25) is 9.59 Å². The minimum Gasteiger partial charge on any atom is -0.542 e. The summed E-state index contributed by atoms with van der Waals surface area (Å²) in [4.78, 5) is 33.3.